The highest BCUT2D eigenvalue weighted by Gasteiger charge is 2.35. The average molecular weight is 328 g/mol. The van der Waals surface area contributed by atoms with E-state index in [0.717, 1.165) is 41.8 Å². The zero-order valence-corrected chi connectivity index (χ0v) is 14.5. The number of likely N-dealkylation sites (N-methyl/N-ethyl adjacent to an activating group) is 1. The van der Waals surface area contributed by atoms with E-state index >= 15 is 0 Å². The molecular weight excluding hydrogens is 304 g/mol. The Balaban J connectivity index is 1.67. The van der Waals surface area contributed by atoms with Gasteiger partial charge in [0, 0.05) is 36.5 Å². The minimum absolute atomic E-state index is 0.00792. The third-order valence-corrected chi connectivity index (χ3v) is 5.32. The van der Waals surface area contributed by atoms with Crippen LogP contribution in [-0.4, -0.2) is 61.6 Å². The maximum Gasteiger partial charge on any atom is 0.289 e. The van der Waals surface area contributed by atoms with E-state index < -0.39 is 0 Å². The van der Waals surface area contributed by atoms with Gasteiger partial charge >= 0.3 is 0 Å². The molecule has 2 aromatic rings. The maximum atomic E-state index is 13.1. The fraction of sp³-hybridized carbons (Fsp3) is 0.526. The molecule has 2 saturated heterocycles. The van der Waals surface area contributed by atoms with Crippen LogP contribution >= 0.6 is 0 Å². The Morgan fingerprint density at radius 2 is 2.00 bits per heavy atom. The molecule has 2 aliphatic heterocycles. The Morgan fingerprint density at radius 3 is 2.83 bits per heavy atom. The van der Waals surface area contributed by atoms with Crippen LogP contribution in [0.5, 0.6) is 0 Å². The molecule has 1 amide bonds. The van der Waals surface area contributed by atoms with Crippen molar-refractivity contribution in [2.24, 2.45) is 5.92 Å². The molecule has 0 unspecified atom stereocenters. The lowest BCUT2D eigenvalue weighted by molar-refractivity contribution is 0.0415. The maximum absolute atomic E-state index is 13.1. The van der Waals surface area contributed by atoms with Gasteiger partial charge in [-0.1, -0.05) is 12.1 Å². The van der Waals surface area contributed by atoms with Crippen LogP contribution in [0.15, 0.2) is 22.6 Å². The van der Waals surface area contributed by atoms with Crippen LogP contribution in [-0.2, 0) is 4.74 Å². The van der Waals surface area contributed by atoms with Crippen molar-refractivity contribution in [2.45, 2.75) is 19.9 Å². The predicted octanol–water partition coefficient (Wildman–Crippen LogP) is 2.45. The Morgan fingerprint density at radius 1 is 1.17 bits per heavy atom. The quantitative estimate of drug-likeness (QED) is 0.807. The van der Waals surface area contributed by atoms with Gasteiger partial charge in [-0.15, -0.1) is 0 Å². The van der Waals surface area contributed by atoms with Gasteiger partial charge in [0.2, 0.25) is 0 Å². The number of carbonyl (C=O) groups excluding carboxylic acids is 1. The molecular formula is C19H24N2O3. The molecule has 2 bridgehead atoms. The number of nitrogens with zero attached hydrogens (tertiary/aromatic N) is 2. The SMILES string of the molecule is Cc1ccc2c(C)c(C(=O)N3C[C@@H]4COC[C@H](C3)N(C)C4)oc2c1. The molecule has 24 heavy (non-hydrogen) atoms. The van der Waals surface area contributed by atoms with Gasteiger partial charge in [-0.3, -0.25) is 9.69 Å². The van der Waals surface area contributed by atoms with Gasteiger partial charge in [-0.25, -0.2) is 0 Å². The van der Waals surface area contributed by atoms with E-state index in [-0.39, 0.29) is 11.9 Å². The van der Waals surface area contributed by atoms with Crippen LogP contribution < -0.4 is 0 Å². The molecule has 128 valence electrons. The molecule has 0 aliphatic carbocycles. The molecule has 2 atom stereocenters. The average Bonchev–Trinajstić information content (AvgIpc) is 2.66. The number of hydrogen-bond acceptors (Lipinski definition) is 4. The fourth-order valence-electron chi connectivity index (χ4n) is 3.90. The highest BCUT2D eigenvalue weighted by molar-refractivity contribution is 5.99. The summed E-state index contributed by atoms with van der Waals surface area (Å²) in [5.41, 5.74) is 2.87. The number of ether oxygens (including phenoxy) is 1. The lowest BCUT2D eigenvalue weighted by atomic mass is 10.1. The van der Waals surface area contributed by atoms with E-state index in [4.69, 9.17) is 9.15 Å². The van der Waals surface area contributed by atoms with Gasteiger partial charge in [0.05, 0.1) is 19.3 Å². The number of aryl methyl sites for hydroxylation is 2. The van der Waals surface area contributed by atoms with Gasteiger partial charge in [-0.05, 0) is 32.5 Å². The van der Waals surface area contributed by atoms with Crippen molar-refractivity contribution in [3.8, 4) is 0 Å². The minimum Gasteiger partial charge on any atom is -0.451 e. The smallest absolute Gasteiger partial charge is 0.289 e. The fourth-order valence-corrected chi connectivity index (χ4v) is 3.90. The van der Waals surface area contributed by atoms with Gasteiger partial charge in [0.25, 0.3) is 5.91 Å². The van der Waals surface area contributed by atoms with Crippen LogP contribution in [0.1, 0.15) is 21.7 Å². The van der Waals surface area contributed by atoms with Crippen molar-refractivity contribution in [2.75, 3.05) is 39.9 Å². The highest BCUT2D eigenvalue weighted by atomic mass is 16.5. The normalized spacial score (nSPS) is 25.0. The zero-order valence-electron chi connectivity index (χ0n) is 14.5. The van der Waals surface area contributed by atoms with Gasteiger partial charge in [0.15, 0.2) is 5.76 Å². The van der Waals surface area contributed by atoms with Gasteiger partial charge in [-0.2, -0.15) is 0 Å². The summed E-state index contributed by atoms with van der Waals surface area (Å²) >= 11 is 0. The second-order valence-electron chi connectivity index (χ2n) is 7.26. The number of furan rings is 1. The van der Waals surface area contributed by atoms with Crippen molar-refractivity contribution in [3.63, 3.8) is 0 Å². The van der Waals surface area contributed by atoms with Crippen LogP contribution in [0.25, 0.3) is 11.0 Å². The minimum atomic E-state index is 0.00792. The molecule has 4 rings (SSSR count). The number of amides is 1. The first kappa shape index (κ1) is 15.7. The molecule has 1 aromatic heterocycles. The molecule has 5 heteroatoms. The van der Waals surface area contributed by atoms with E-state index in [2.05, 4.69) is 18.0 Å². The third kappa shape index (κ3) is 2.62. The topological polar surface area (TPSA) is 45.9 Å². The van der Waals surface area contributed by atoms with Crippen LogP contribution in [0, 0.1) is 19.8 Å². The number of benzene rings is 1. The summed E-state index contributed by atoms with van der Waals surface area (Å²) in [6, 6.07) is 6.35. The van der Waals surface area contributed by atoms with Gasteiger partial charge < -0.3 is 14.1 Å². The van der Waals surface area contributed by atoms with Crippen LogP contribution in [0.4, 0.5) is 0 Å². The Labute approximate surface area is 142 Å². The van der Waals surface area contributed by atoms with Crippen molar-refractivity contribution in [1.29, 1.82) is 0 Å². The lowest BCUT2D eigenvalue weighted by Gasteiger charge is -2.29. The highest BCUT2D eigenvalue weighted by Crippen LogP contribution is 2.28. The molecule has 0 N–H and O–H groups in total. The molecule has 2 fully saturated rings. The number of carbonyl (C=O) groups is 1. The van der Waals surface area contributed by atoms with E-state index in [1.165, 1.54) is 0 Å². The zero-order chi connectivity index (χ0) is 16.8. The second kappa shape index (κ2) is 5.90. The van der Waals surface area contributed by atoms with Crippen molar-refractivity contribution >= 4 is 16.9 Å². The van der Waals surface area contributed by atoms with Gasteiger partial charge in [0.1, 0.15) is 5.58 Å². The monoisotopic (exact) mass is 328 g/mol. The van der Waals surface area contributed by atoms with E-state index in [1.54, 1.807) is 0 Å². The summed E-state index contributed by atoms with van der Waals surface area (Å²) in [7, 11) is 2.12. The first-order chi connectivity index (χ1) is 11.5. The summed E-state index contributed by atoms with van der Waals surface area (Å²) in [6.45, 7) is 7.83. The molecule has 0 spiro atoms. The largest absolute Gasteiger partial charge is 0.451 e. The lowest BCUT2D eigenvalue weighted by Crippen LogP contribution is -2.44. The Bertz CT molecular complexity index is 782. The van der Waals surface area contributed by atoms with Crippen LogP contribution in [0.3, 0.4) is 0 Å². The third-order valence-electron chi connectivity index (χ3n) is 5.32. The number of hydrogen-bond donors (Lipinski definition) is 0. The number of fused-ring (bicyclic) bond motifs is 4. The molecule has 2 aliphatic rings. The van der Waals surface area contributed by atoms with Crippen molar-refractivity contribution in [1.82, 2.24) is 9.80 Å². The molecule has 1 aromatic carbocycles. The van der Waals surface area contributed by atoms with Crippen molar-refractivity contribution in [3.05, 3.63) is 35.1 Å². The number of rotatable bonds is 1. The standard InChI is InChI=1S/C19H24N2O3/c1-12-4-5-16-13(2)18(24-17(16)6-12)19(22)21-8-14-7-20(3)15(9-21)11-23-10-14/h4-6,14-15H,7-11H2,1-3H3/t14-,15+/m1/s1. The van der Waals surface area contributed by atoms with E-state index in [0.29, 0.717) is 24.8 Å². The summed E-state index contributed by atoms with van der Waals surface area (Å²) < 4.78 is 11.7. The molecule has 0 saturated carbocycles. The summed E-state index contributed by atoms with van der Waals surface area (Å²) in [6.07, 6.45) is 0. The first-order valence-corrected chi connectivity index (χ1v) is 8.60. The van der Waals surface area contributed by atoms with Crippen molar-refractivity contribution < 1.29 is 13.9 Å². The summed E-state index contributed by atoms with van der Waals surface area (Å²) in [5, 5.41) is 1.03. The first-order valence-electron chi connectivity index (χ1n) is 8.60. The summed E-state index contributed by atoms with van der Waals surface area (Å²) in [4.78, 5) is 17.4. The predicted molar refractivity (Wildman–Crippen MR) is 92.3 cm³/mol. The second-order valence-corrected chi connectivity index (χ2v) is 7.26. The van der Waals surface area contributed by atoms with E-state index in [1.807, 2.05) is 30.9 Å². The molecule has 3 heterocycles. The molecule has 0 radical (unpaired) electrons. The Hall–Kier alpha value is -1.85. The van der Waals surface area contributed by atoms with E-state index in [9.17, 15) is 4.79 Å². The Kier molecular flexibility index (Phi) is 3.85. The molecule has 5 nitrogen and oxygen atoms in total. The summed E-state index contributed by atoms with van der Waals surface area (Å²) in [5.74, 6) is 0.853. The van der Waals surface area contributed by atoms with Crippen LogP contribution in [0.2, 0.25) is 0 Å².